The first-order valence-electron chi connectivity index (χ1n) is 11.2. The number of aromatic nitrogens is 1. The molecule has 2 fully saturated rings. The normalized spacial score (nSPS) is 19.3. The van der Waals surface area contributed by atoms with Crippen LogP contribution >= 0.6 is 11.3 Å². The van der Waals surface area contributed by atoms with Gasteiger partial charge in [0.15, 0.2) is 5.13 Å². The van der Waals surface area contributed by atoms with E-state index in [1.807, 2.05) is 11.3 Å². The summed E-state index contributed by atoms with van der Waals surface area (Å²) in [6.07, 6.45) is 1.22. The monoisotopic (exact) mass is 421 g/mol. The fraction of sp³-hybridized carbons (Fsp3) is 0.458. The Kier molecular flexibility index (Phi) is 6.16. The summed E-state index contributed by atoms with van der Waals surface area (Å²) in [5.41, 5.74) is 2.49. The van der Waals surface area contributed by atoms with Gasteiger partial charge in [0.1, 0.15) is 0 Å². The maximum Gasteiger partial charge on any atom is 0.186 e. The molecule has 0 radical (unpaired) electrons. The topological polar surface area (TPSA) is 25.9 Å². The molecule has 0 saturated carbocycles. The third-order valence-corrected chi connectivity index (χ3v) is 7.46. The lowest BCUT2D eigenvalue weighted by atomic mass is 10.2. The first-order chi connectivity index (χ1) is 14.8. The lowest BCUT2D eigenvalue weighted by Crippen LogP contribution is -2.48. The van der Waals surface area contributed by atoms with E-state index < -0.39 is 0 Å². The molecule has 0 unspecified atom stereocenters. The molecule has 2 aromatic carbocycles. The van der Waals surface area contributed by atoms with Crippen LogP contribution in [0.1, 0.15) is 6.42 Å². The lowest BCUT2D eigenvalue weighted by molar-refractivity contribution is 0.203. The average Bonchev–Trinajstić information content (AvgIpc) is 3.10. The lowest BCUT2D eigenvalue weighted by Gasteiger charge is -2.37. The van der Waals surface area contributed by atoms with Crippen molar-refractivity contribution in [2.75, 3.05) is 75.2 Å². The van der Waals surface area contributed by atoms with Crippen molar-refractivity contribution in [3.8, 4) is 0 Å². The van der Waals surface area contributed by atoms with Crippen molar-refractivity contribution in [3.05, 3.63) is 54.6 Å². The summed E-state index contributed by atoms with van der Waals surface area (Å²) in [4.78, 5) is 15.2. The molecule has 2 aliphatic heterocycles. The molecule has 158 valence electrons. The highest BCUT2D eigenvalue weighted by atomic mass is 32.1. The van der Waals surface area contributed by atoms with Crippen molar-refractivity contribution in [2.24, 2.45) is 0 Å². The second-order valence-corrected chi connectivity index (χ2v) is 9.32. The van der Waals surface area contributed by atoms with Crippen LogP contribution in [0.5, 0.6) is 0 Å². The van der Waals surface area contributed by atoms with Gasteiger partial charge < -0.3 is 14.7 Å². The summed E-state index contributed by atoms with van der Waals surface area (Å²) in [5.74, 6) is 0. The number of benzene rings is 2. The Morgan fingerprint density at radius 3 is 2.10 bits per heavy atom. The van der Waals surface area contributed by atoms with E-state index in [4.69, 9.17) is 4.98 Å². The van der Waals surface area contributed by atoms with E-state index in [1.54, 1.807) is 0 Å². The first kappa shape index (κ1) is 19.8. The number of piperazine rings is 1. The number of thiazole rings is 1. The van der Waals surface area contributed by atoms with Gasteiger partial charge in [0.25, 0.3) is 0 Å². The van der Waals surface area contributed by atoms with Crippen LogP contribution in [0.15, 0.2) is 54.6 Å². The highest BCUT2D eigenvalue weighted by Crippen LogP contribution is 2.29. The van der Waals surface area contributed by atoms with Crippen LogP contribution in [0, 0.1) is 0 Å². The Morgan fingerprint density at radius 2 is 1.33 bits per heavy atom. The minimum absolute atomic E-state index is 1.08. The van der Waals surface area contributed by atoms with E-state index in [1.165, 1.54) is 54.7 Å². The molecule has 6 heteroatoms. The highest BCUT2D eigenvalue weighted by molar-refractivity contribution is 7.22. The van der Waals surface area contributed by atoms with Gasteiger partial charge in [0.2, 0.25) is 0 Å². The number of para-hydroxylation sites is 2. The van der Waals surface area contributed by atoms with Gasteiger partial charge >= 0.3 is 0 Å². The molecule has 0 bridgehead atoms. The number of hydrogen-bond donors (Lipinski definition) is 0. The molecule has 5 nitrogen and oxygen atoms in total. The molecule has 0 atom stereocenters. The molecule has 0 spiro atoms. The van der Waals surface area contributed by atoms with E-state index in [-0.39, 0.29) is 0 Å². The largest absolute Gasteiger partial charge is 0.369 e. The molecule has 3 heterocycles. The predicted molar refractivity (Wildman–Crippen MR) is 128 cm³/mol. The van der Waals surface area contributed by atoms with Crippen LogP contribution in [0.2, 0.25) is 0 Å². The van der Waals surface area contributed by atoms with E-state index in [0.717, 1.165) is 38.2 Å². The Morgan fingerprint density at radius 1 is 0.667 bits per heavy atom. The summed E-state index contributed by atoms with van der Waals surface area (Å²) in [5, 5.41) is 1.19. The average molecular weight is 422 g/mol. The molecule has 5 rings (SSSR count). The first-order valence-corrected chi connectivity index (χ1v) is 12.0. The van der Waals surface area contributed by atoms with Gasteiger partial charge in [0, 0.05) is 64.6 Å². The maximum absolute atomic E-state index is 4.87. The predicted octanol–water partition coefficient (Wildman–Crippen LogP) is 3.63. The Bertz CT molecular complexity index is 902. The third-order valence-electron chi connectivity index (χ3n) is 6.37. The van der Waals surface area contributed by atoms with E-state index in [9.17, 15) is 0 Å². The molecule has 2 saturated heterocycles. The highest BCUT2D eigenvalue weighted by Gasteiger charge is 2.20. The molecule has 0 N–H and O–H groups in total. The van der Waals surface area contributed by atoms with Crippen LogP contribution in [0.25, 0.3) is 10.2 Å². The van der Waals surface area contributed by atoms with Crippen LogP contribution in [0.3, 0.4) is 0 Å². The van der Waals surface area contributed by atoms with Crippen LogP contribution < -0.4 is 9.80 Å². The summed E-state index contributed by atoms with van der Waals surface area (Å²) in [7, 11) is 0. The molecule has 0 amide bonds. The maximum atomic E-state index is 4.87. The van der Waals surface area contributed by atoms with Gasteiger partial charge in [-0.05, 0) is 37.2 Å². The Labute approximate surface area is 183 Å². The van der Waals surface area contributed by atoms with E-state index in [0.29, 0.717) is 0 Å². The zero-order valence-electron chi connectivity index (χ0n) is 17.6. The summed E-state index contributed by atoms with van der Waals surface area (Å²) < 4.78 is 1.29. The van der Waals surface area contributed by atoms with Gasteiger partial charge in [-0.15, -0.1) is 0 Å². The molecule has 3 aromatic rings. The Hall–Kier alpha value is -2.15. The van der Waals surface area contributed by atoms with E-state index >= 15 is 0 Å². The van der Waals surface area contributed by atoms with E-state index in [2.05, 4.69) is 74.2 Å². The van der Waals surface area contributed by atoms with Crippen LogP contribution in [-0.2, 0) is 0 Å². The third kappa shape index (κ3) is 4.61. The van der Waals surface area contributed by atoms with Gasteiger partial charge in [0.05, 0.1) is 10.2 Å². The van der Waals surface area contributed by atoms with Crippen LogP contribution in [-0.4, -0.2) is 80.2 Å². The fourth-order valence-electron chi connectivity index (χ4n) is 4.53. The second kappa shape index (κ2) is 9.33. The number of fused-ring (bicyclic) bond motifs is 1. The van der Waals surface area contributed by atoms with Gasteiger partial charge in [-0.3, -0.25) is 4.90 Å². The number of rotatable bonds is 5. The number of anilines is 2. The molecule has 0 aliphatic carbocycles. The summed E-state index contributed by atoms with van der Waals surface area (Å²) in [6.45, 7) is 11.5. The van der Waals surface area contributed by atoms with Crippen molar-refractivity contribution >= 4 is 32.4 Å². The SMILES string of the molecule is c1ccc(N2CCN(CCN3CCCN(c4nc5ccccc5s4)CC3)CC2)cc1. The molecular formula is C24H31N5S. The molecule has 30 heavy (non-hydrogen) atoms. The van der Waals surface area contributed by atoms with Gasteiger partial charge in [-0.1, -0.05) is 41.7 Å². The zero-order chi connectivity index (χ0) is 20.2. The van der Waals surface area contributed by atoms with Gasteiger partial charge in [-0.25, -0.2) is 4.98 Å². The minimum atomic E-state index is 1.08. The standard InChI is InChI=1S/C24H31N5S/c1-2-7-21(8-3-1)28-18-15-27(16-19-28)14-13-26-11-6-12-29(20-17-26)24-25-22-9-4-5-10-23(22)30-24/h1-5,7-10H,6,11-20H2. The summed E-state index contributed by atoms with van der Waals surface area (Å²) in [6, 6.07) is 19.3. The number of hydrogen-bond acceptors (Lipinski definition) is 6. The molecule has 2 aliphatic rings. The van der Waals surface area contributed by atoms with Crippen molar-refractivity contribution in [1.29, 1.82) is 0 Å². The minimum Gasteiger partial charge on any atom is -0.369 e. The number of nitrogens with zero attached hydrogens (tertiary/aromatic N) is 5. The fourth-order valence-corrected chi connectivity index (χ4v) is 5.55. The smallest absolute Gasteiger partial charge is 0.186 e. The summed E-state index contributed by atoms with van der Waals surface area (Å²) >= 11 is 1.83. The Balaban J connectivity index is 1.09. The van der Waals surface area contributed by atoms with Crippen molar-refractivity contribution in [2.45, 2.75) is 6.42 Å². The molecular weight excluding hydrogens is 390 g/mol. The molecule has 1 aromatic heterocycles. The van der Waals surface area contributed by atoms with Crippen molar-refractivity contribution < 1.29 is 0 Å². The van der Waals surface area contributed by atoms with Crippen molar-refractivity contribution in [1.82, 2.24) is 14.8 Å². The zero-order valence-corrected chi connectivity index (χ0v) is 18.4. The second-order valence-electron chi connectivity index (χ2n) is 8.31. The van der Waals surface area contributed by atoms with Gasteiger partial charge in [-0.2, -0.15) is 0 Å². The van der Waals surface area contributed by atoms with Crippen molar-refractivity contribution in [3.63, 3.8) is 0 Å². The van der Waals surface area contributed by atoms with Crippen LogP contribution in [0.4, 0.5) is 10.8 Å². The quantitative estimate of drug-likeness (QED) is 0.627.